The van der Waals surface area contributed by atoms with Crippen molar-refractivity contribution in [2.24, 2.45) is 0 Å². The van der Waals surface area contributed by atoms with Crippen LogP contribution < -0.4 is 9.80 Å². The van der Waals surface area contributed by atoms with Crippen molar-refractivity contribution < 1.29 is 0 Å². The molecular weight excluding hydrogens is 821 g/mol. The summed E-state index contributed by atoms with van der Waals surface area (Å²) >= 11 is 0. The van der Waals surface area contributed by atoms with Crippen LogP contribution in [0.1, 0.15) is 0 Å². The summed E-state index contributed by atoms with van der Waals surface area (Å²) in [4.78, 5) is 4.77. The Bertz CT molecular complexity index is 3670. The minimum atomic E-state index is 1.09. The highest BCUT2D eigenvalue weighted by molar-refractivity contribution is 6.29. The van der Waals surface area contributed by atoms with E-state index in [1.165, 1.54) is 86.9 Å². The van der Waals surface area contributed by atoms with Crippen molar-refractivity contribution in [1.29, 1.82) is 0 Å². The standard InChI is InChI=1S/C66H44N2/c1-5-23-47(24-6-1)67(48-25-7-2-8-26-48)51-37-39-59-63(43-51)65(61-41-45-21-13-15-31-53(45)55-33-17-19-35-57(55)61)60-40-38-52(68(49-27-9-3-10-28-49)50-29-11-4-12-30-50)44-64(60)66(59)62-42-46-22-14-16-32-54(46)56-34-18-20-36-58(56)62/h1-44H. The van der Waals surface area contributed by atoms with E-state index in [4.69, 9.17) is 0 Å². The lowest BCUT2D eigenvalue weighted by molar-refractivity contribution is 1.29. The molecule has 0 atom stereocenters. The molecule has 0 fully saturated rings. The van der Waals surface area contributed by atoms with Crippen molar-refractivity contribution in [3.63, 3.8) is 0 Å². The van der Waals surface area contributed by atoms with Crippen molar-refractivity contribution in [3.05, 3.63) is 267 Å². The Kier molecular flexibility index (Phi) is 9.54. The third-order valence-electron chi connectivity index (χ3n) is 13.7. The third kappa shape index (κ3) is 6.57. The molecule has 0 saturated carbocycles. The van der Waals surface area contributed by atoms with Gasteiger partial charge in [-0.15, -0.1) is 0 Å². The van der Waals surface area contributed by atoms with Crippen LogP contribution in [-0.2, 0) is 0 Å². The van der Waals surface area contributed by atoms with E-state index in [2.05, 4.69) is 277 Å². The monoisotopic (exact) mass is 864 g/mol. The fourth-order valence-corrected chi connectivity index (χ4v) is 10.8. The fraction of sp³-hybridized carbons (Fsp3) is 0. The number of para-hydroxylation sites is 4. The van der Waals surface area contributed by atoms with Crippen LogP contribution in [0.15, 0.2) is 267 Å². The summed E-state index contributed by atoms with van der Waals surface area (Å²) in [5.74, 6) is 0. The minimum absolute atomic E-state index is 1.09. The number of nitrogens with zero attached hydrogens (tertiary/aromatic N) is 2. The number of fused-ring (bicyclic) bond motifs is 8. The first-order valence-electron chi connectivity index (χ1n) is 23.4. The minimum Gasteiger partial charge on any atom is -0.310 e. The van der Waals surface area contributed by atoms with Crippen molar-refractivity contribution in [1.82, 2.24) is 0 Å². The van der Waals surface area contributed by atoms with Crippen LogP contribution in [0, 0.1) is 0 Å². The SMILES string of the molecule is c1ccc(N(c2ccccc2)c2ccc3c(-c4cc5ccccc5c5ccccc45)c4cc(N(c5ccccc5)c5ccccc5)ccc4c(-c4cc5ccccc5c5ccccc45)c3c2)cc1. The Morgan fingerprint density at radius 1 is 0.176 bits per heavy atom. The Hall–Kier alpha value is -8.98. The van der Waals surface area contributed by atoms with Crippen molar-refractivity contribution in [3.8, 4) is 22.3 Å². The quantitative estimate of drug-likeness (QED) is 0.111. The summed E-state index contributed by atoms with van der Waals surface area (Å²) in [7, 11) is 0. The largest absolute Gasteiger partial charge is 0.310 e. The molecule has 0 heterocycles. The highest BCUT2D eigenvalue weighted by Gasteiger charge is 2.24. The second-order valence-electron chi connectivity index (χ2n) is 17.6. The molecule has 318 valence electrons. The average molecular weight is 865 g/mol. The molecule has 13 rings (SSSR count). The smallest absolute Gasteiger partial charge is 0.0468 e. The molecule has 0 radical (unpaired) electrons. The summed E-state index contributed by atoms with van der Waals surface area (Å²) in [6.07, 6.45) is 0. The van der Waals surface area contributed by atoms with E-state index in [-0.39, 0.29) is 0 Å². The first-order valence-corrected chi connectivity index (χ1v) is 23.4. The molecular formula is C66H44N2. The molecule has 0 spiro atoms. The predicted octanol–water partition coefficient (Wildman–Crippen LogP) is 18.9. The van der Waals surface area contributed by atoms with Crippen molar-refractivity contribution >= 4 is 98.8 Å². The normalized spacial score (nSPS) is 11.5. The van der Waals surface area contributed by atoms with Crippen LogP contribution in [0.4, 0.5) is 34.1 Å². The summed E-state index contributed by atoms with van der Waals surface area (Å²) in [6, 6.07) is 97.8. The number of benzene rings is 13. The zero-order valence-electron chi connectivity index (χ0n) is 37.3. The molecule has 0 unspecified atom stereocenters. The average Bonchev–Trinajstić information content (AvgIpc) is 3.41. The number of hydrogen-bond donors (Lipinski definition) is 0. The van der Waals surface area contributed by atoms with E-state index in [1.807, 2.05) is 0 Å². The predicted molar refractivity (Wildman–Crippen MR) is 292 cm³/mol. The van der Waals surface area contributed by atoms with Gasteiger partial charge in [-0.05, 0) is 172 Å². The molecule has 0 saturated heterocycles. The van der Waals surface area contributed by atoms with Gasteiger partial charge < -0.3 is 9.80 Å². The molecule has 13 aromatic rings. The number of hydrogen-bond acceptors (Lipinski definition) is 2. The van der Waals surface area contributed by atoms with Crippen LogP contribution in [-0.4, -0.2) is 0 Å². The third-order valence-corrected chi connectivity index (χ3v) is 13.7. The van der Waals surface area contributed by atoms with Gasteiger partial charge in [-0.1, -0.05) is 182 Å². The van der Waals surface area contributed by atoms with Gasteiger partial charge in [0.2, 0.25) is 0 Å². The van der Waals surface area contributed by atoms with Gasteiger partial charge in [-0.3, -0.25) is 0 Å². The van der Waals surface area contributed by atoms with Crippen LogP contribution in [0.3, 0.4) is 0 Å². The van der Waals surface area contributed by atoms with E-state index in [0.717, 1.165) is 34.1 Å². The van der Waals surface area contributed by atoms with Crippen LogP contribution in [0.25, 0.3) is 86.9 Å². The number of anilines is 6. The molecule has 0 aliphatic rings. The van der Waals surface area contributed by atoms with Crippen LogP contribution in [0.2, 0.25) is 0 Å². The summed E-state index contributed by atoms with van der Waals surface area (Å²) in [5, 5.41) is 14.6. The molecule has 2 nitrogen and oxygen atoms in total. The van der Waals surface area contributed by atoms with E-state index in [1.54, 1.807) is 0 Å². The topological polar surface area (TPSA) is 6.48 Å². The second-order valence-corrected chi connectivity index (χ2v) is 17.6. The Morgan fingerprint density at radius 2 is 0.471 bits per heavy atom. The Labute approximate surface area is 395 Å². The molecule has 0 bridgehead atoms. The lowest BCUT2D eigenvalue weighted by atomic mass is 9.82. The lowest BCUT2D eigenvalue weighted by Gasteiger charge is -2.28. The van der Waals surface area contributed by atoms with Crippen LogP contribution >= 0.6 is 0 Å². The molecule has 0 aromatic heterocycles. The van der Waals surface area contributed by atoms with Gasteiger partial charge in [-0.2, -0.15) is 0 Å². The maximum absolute atomic E-state index is 2.45. The Morgan fingerprint density at radius 3 is 0.824 bits per heavy atom. The summed E-state index contributed by atoms with van der Waals surface area (Å²) < 4.78 is 0. The zero-order valence-corrected chi connectivity index (χ0v) is 37.3. The van der Waals surface area contributed by atoms with Crippen molar-refractivity contribution in [2.75, 3.05) is 9.80 Å². The second kappa shape index (κ2) is 16.5. The van der Waals surface area contributed by atoms with Gasteiger partial charge in [-0.25, -0.2) is 0 Å². The maximum atomic E-state index is 2.45. The van der Waals surface area contributed by atoms with E-state index in [9.17, 15) is 0 Å². The van der Waals surface area contributed by atoms with E-state index in [0.29, 0.717) is 0 Å². The first kappa shape index (κ1) is 39.4. The highest BCUT2D eigenvalue weighted by Crippen LogP contribution is 2.51. The van der Waals surface area contributed by atoms with E-state index >= 15 is 0 Å². The van der Waals surface area contributed by atoms with E-state index < -0.39 is 0 Å². The first-order chi connectivity index (χ1) is 33.8. The lowest BCUT2D eigenvalue weighted by Crippen LogP contribution is -2.10. The van der Waals surface area contributed by atoms with Gasteiger partial charge in [0, 0.05) is 34.1 Å². The highest BCUT2D eigenvalue weighted by atomic mass is 15.1. The molecule has 68 heavy (non-hydrogen) atoms. The van der Waals surface area contributed by atoms with Gasteiger partial charge in [0.15, 0.2) is 0 Å². The fourth-order valence-electron chi connectivity index (χ4n) is 10.8. The van der Waals surface area contributed by atoms with Crippen LogP contribution in [0.5, 0.6) is 0 Å². The van der Waals surface area contributed by atoms with Gasteiger partial charge in [0.1, 0.15) is 0 Å². The maximum Gasteiger partial charge on any atom is 0.0468 e. The number of rotatable bonds is 8. The zero-order chi connectivity index (χ0) is 45.0. The summed E-state index contributed by atoms with van der Waals surface area (Å²) in [6.45, 7) is 0. The molecule has 0 aliphatic carbocycles. The molecule has 13 aromatic carbocycles. The van der Waals surface area contributed by atoms with Crippen molar-refractivity contribution in [2.45, 2.75) is 0 Å². The van der Waals surface area contributed by atoms with Gasteiger partial charge >= 0.3 is 0 Å². The molecule has 0 aliphatic heterocycles. The summed E-state index contributed by atoms with van der Waals surface area (Å²) in [5.41, 5.74) is 11.4. The molecule has 2 heteroatoms. The molecule has 0 N–H and O–H groups in total. The van der Waals surface area contributed by atoms with Gasteiger partial charge in [0.25, 0.3) is 0 Å². The molecule has 0 amide bonds. The van der Waals surface area contributed by atoms with Gasteiger partial charge in [0.05, 0.1) is 0 Å². The Balaban J connectivity index is 1.23.